The smallest absolute Gasteiger partial charge is 0.292 e. The predicted molar refractivity (Wildman–Crippen MR) is 78.0 cm³/mol. The number of benzene rings is 1. The van der Waals surface area contributed by atoms with Crippen LogP contribution in [0, 0.1) is 0 Å². The van der Waals surface area contributed by atoms with Gasteiger partial charge in [-0.1, -0.05) is 29.3 Å². The van der Waals surface area contributed by atoms with Gasteiger partial charge in [-0.15, -0.1) is 6.58 Å². The van der Waals surface area contributed by atoms with Crippen LogP contribution in [0.2, 0.25) is 10.0 Å². The molecule has 0 saturated carbocycles. The summed E-state index contributed by atoms with van der Waals surface area (Å²) in [6.07, 6.45) is -3.03. The molecule has 1 aromatic carbocycles. The quantitative estimate of drug-likeness (QED) is 0.469. The zero-order valence-electron chi connectivity index (χ0n) is 10.9. The first kappa shape index (κ1) is 17.5. The summed E-state index contributed by atoms with van der Waals surface area (Å²) in [5.41, 5.74) is 1.56. The molecule has 0 heterocycles. The Morgan fingerprint density at radius 1 is 1.38 bits per heavy atom. The molecule has 1 aromatic rings. The van der Waals surface area contributed by atoms with Gasteiger partial charge >= 0.3 is 6.18 Å². The molecule has 0 aliphatic rings. The molecule has 0 unspecified atom stereocenters. The third-order valence-corrected chi connectivity index (χ3v) is 3.03. The summed E-state index contributed by atoms with van der Waals surface area (Å²) in [6.45, 7) is 4.87. The molecule has 1 N–H and O–H groups in total. The lowest BCUT2D eigenvalue weighted by atomic mass is 10.2. The van der Waals surface area contributed by atoms with E-state index in [9.17, 15) is 18.0 Å². The Morgan fingerprint density at radius 3 is 2.33 bits per heavy atom. The number of hydrogen-bond donors (Lipinski definition) is 1. The van der Waals surface area contributed by atoms with Gasteiger partial charge in [0, 0.05) is 6.42 Å². The van der Waals surface area contributed by atoms with Gasteiger partial charge in [-0.05, 0) is 19.1 Å². The summed E-state index contributed by atoms with van der Waals surface area (Å²) >= 11 is 11.5. The lowest BCUT2D eigenvalue weighted by molar-refractivity contribution is -0.137. The second-order valence-corrected chi connectivity index (χ2v) is 4.85. The van der Waals surface area contributed by atoms with Gasteiger partial charge in [0.05, 0.1) is 21.3 Å². The SMILES string of the molecule is C=CCC(=O)C(C)=NNc1c(Cl)cc(C(F)(F)F)cc1Cl. The molecule has 0 aliphatic carbocycles. The van der Waals surface area contributed by atoms with E-state index in [1.807, 2.05) is 0 Å². The third kappa shape index (κ3) is 4.75. The number of nitrogens with zero attached hydrogens (tertiary/aromatic N) is 1. The van der Waals surface area contributed by atoms with Gasteiger partial charge in [-0.2, -0.15) is 18.3 Å². The van der Waals surface area contributed by atoms with Gasteiger partial charge in [0.15, 0.2) is 5.78 Å². The molecule has 0 atom stereocenters. The van der Waals surface area contributed by atoms with Crippen molar-refractivity contribution in [3.8, 4) is 0 Å². The molecular weight excluding hydrogens is 328 g/mol. The Hall–Kier alpha value is -1.53. The van der Waals surface area contributed by atoms with Crippen LogP contribution < -0.4 is 5.43 Å². The molecule has 114 valence electrons. The van der Waals surface area contributed by atoms with Gasteiger partial charge in [0.25, 0.3) is 0 Å². The van der Waals surface area contributed by atoms with Crippen LogP contribution >= 0.6 is 23.2 Å². The molecule has 0 radical (unpaired) electrons. The molecule has 1 rings (SSSR count). The normalized spacial score (nSPS) is 12.2. The Bertz CT molecular complexity index is 575. The number of rotatable bonds is 5. The summed E-state index contributed by atoms with van der Waals surface area (Å²) in [4.78, 5) is 11.5. The second kappa shape index (κ2) is 6.95. The fourth-order valence-electron chi connectivity index (χ4n) is 1.32. The highest BCUT2D eigenvalue weighted by atomic mass is 35.5. The number of halogens is 5. The fourth-order valence-corrected chi connectivity index (χ4v) is 1.90. The molecule has 0 aliphatic heterocycles. The molecule has 0 spiro atoms. The highest BCUT2D eigenvalue weighted by Crippen LogP contribution is 2.38. The van der Waals surface area contributed by atoms with Crippen LogP contribution in [0.5, 0.6) is 0 Å². The minimum absolute atomic E-state index is 0.00270. The molecule has 0 bridgehead atoms. The number of Topliss-reactive ketones (excluding diaryl/α,β-unsaturated/α-hetero) is 1. The van der Waals surface area contributed by atoms with Gasteiger partial charge in [0.1, 0.15) is 5.71 Å². The maximum atomic E-state index is 12.6. The minimum atomic E-state index is -4.55. The summed E-state index contributed by atoms with van der Waals surface area (Å²) < 4.78 is 37.7. The van der Waals surface area contributed by atoms with Crippen LogP contribution in [0.1, 0.15) is 18.9 Å². The lowest BCUT2D eigenvalue weighted by Gasteiger charge is -2.12. The van der Waals surface area contributed by atoms with Crippen molar-refractivity contribution < 1.29 is 18.0 Å². The molecular formula is C13H11Cl2F3N2O. The van der Waals surface area contributed by atoms with Crippen molar-refractivity contribution in [3.05, 3.63) is 40.4 Å². The van der Waals surface area contributed by atoms with Crippen molar-refractivity contribution in [2.75, 3.05) is 5.43 Å². The Balaban J connectivity index is 3.03. The van der Waals surface area contributed by atoms with Crippen molar-refractivity contribution in [1.29, 1.82) is 0 Å². The maximum absolute atomic E-state index is 12.6. The number of hydrazone groups is 1. The number of hydrogen-bond acceptors (Lipinski definition) is 3. The van der Waals surface area contributed by atoms with E-state index in [4.69, 9.17) is 23.2 Å². The Kier molecular flexibility index (Phi) is 5.80. The predicted octanol–water partition coefficient (Wildman–Crippen LogP) is 4.95. The van der Waals surface area contributed by atoms with Gasteiger partial charge < -0.3 is 0 Å². The van der Waals surface area contributed by atoms with E-state index in [0.717, 1.165) is 12.1 Å². The first-order valence-electron chi connectivity index (χ1n) is 5.67. The molecule has 0 aromatic heterocycles. The van der Waals surface area contributed by atoms with Crippen LogP contribution in [-0.2, 0) is 11.0 Å². The van der Waals surface area contributed by atoms with E-state index < -0.39 is 11.7 Å². The number of ketones is 1. The summed E-state index contributed by atoms with van der Waals surface area (Å²) in [5, 5.41) is 3.25. The summed E-state index contributed by atoms with van der Waals surface area (Å²) in [5.74, 6) is -0.281. The molecule has 8 heteroatoms. The largest absolute Gasteiger partial charge is 0.416 e. The first-order valence-corrected chi connectivity index (χ1v) is 6.43. The zero-order chi connectivity index (χ0) is 16.2. The number of anilines is 1. The van der Waals surface area contributed by atoms with E-state index in [0.29, 0.717) is 0 Å². The lowest BCUT2D eigenvalue weighted by Crippen LogP contribution is -2.11. The van der Waals surface area contributed by atoms with Gasteiger partial charge in [0.2, 0.25) is 0 Å². The third-order valence-electron chi connectivity index (χ3n) is 2.44. The van der Waals surface area contributed by atoms with Crippen LogP contribution in [-0.4, -0.2) is 11.5 Å². The van der Waals surface area contributed by atoms with Gasteiger partial charge in [-0.3, -0.25) is 10.2 Å². The van der Waals surface area contributed by atoms with E-state index in [-0.39, 0.29) is 33.6 Å². The van der Waals surface area contributed by atoms with E-state index in [1.54, 1.807) is 0 Å². The topological polar surface area (TPSA) is 41.5 Å². The zero-order valence-corrected chi connectivity index (χ0v) is 12.4. The maximum Gasteiger partial charge on any atom is 0.416 e. The number of carbonyl (C=O) groups excluding carboxylic acids is 1. The molecule has 0 saturated heterocycles. The van der Waals surface area contributed by atoms with Crippen molar-refractivity contribution >= 4 is 40.4 Å². The van der Waals surface area contributed by atoms with E-state index in [2.05, 4.69) is 17.1 Å². The van der Waals surface area contributed by atoms with Gasteiger partial charge in [-0.25, -0.2) is 0 Å². The highest BCUT2D eigenvalue weighted by molar-refractivity contribution is 6.40. The van der Waals surface area contributed by atoms with Crippen LogP contribution in [0.25, 0.3) is 0 Å². The minimum Gasteiger partial charge on any atom is -0.292 e. The number of alkyl halides is 3. The standard InChI is InChI=1S/C13H11Cl2F3N2O/c1-3-4-11(21)7(2)19-20-12-9(14)5-8(6-10(12)15)13(16,17)18/h3,5-6,20H,1,4H2,2H3. The Morgan fingerprint density at radius 2 is 1.90 bits per heavy atom. The second-order valence-electron chi connectivity index (χ2n) is 4.04. The number of nitrogens with one attached hydrogen (secondary N) is 1. The summed E-state index contributed by atoms with van der Waals surface area (Å²) in [6, 6.07) is 1.46. The van der Waals surface area contributed by atoms with Crippen LogP contribution in [0.3, 0.4) is 0 Å². The molecule has 3 nitrogen and oxygen atoms in total. The van der Waals surface area contributed by atoms with E-state index in [1.165, 1.54) is 13.0 Å². The van der Waals surface area contributed by atoms with Crippen LogP contribution in [0.15, 0.2) is 29.9 Å². The molecule has 0 fully saturated rings. The van der Waals surface area contributed by atoms with E-state index >= 15 is 0 Å². The molecule has 21 heavy (non-hydrogen) atoms. The number of allylic oxidation sites excluding steroid dienone is 1. The average Bonchev–Trinajstić information content (AvgIpc) is 2.36. The fraction of sp³-hybridized carbons (Fsp3) is 0.231. The van der Waals surface area contributed by atoms with Crippen molar-refractivity contribution in [1.82, 2.24) is 0 Å². The summed E-state index contributed by atoms with van der Waals surface area (Å²) in [7, 11) is 0. The molecule has 0 amide bonds. The Labute approximate surface area is 129 Å². The number of carbonyl (C=O) groups is 1. The monoisotopic (exact) mass is 338 g/mol. The highest BCUT2D eigenvalue weighted by Gasteiger charge is 2.32. The average molecular weight is 339 g/mol. The van der Waals surface area contributed by atoms with Crippen molar-refractivity contribution in [2.45, 2.75) is 19.5 Å². The van der Waals surface area contributed by atoms with Crippen molar-refractivity contribution in [2.24, 2.45) is 5.10 Å². The van der Waals surface area contributed by atoms with Crippen LogP contribution in [0.4, 0.5) is 18.9 Å². The first-order chi connectivity index (χ1) is 9.66. The van der Waals surface area contributed by atoms with Crippen molar-refractivity contribution in [3.63, 3.8) is 0 Å².